The molecule has 0 aliphatic rings. The SMILES string of the molecule is Cc1ccc(C)c(S(=O)(=O)NCCNC(=O)c2ccc(Cl)cc2[N+](=O)[O-])c1. The van der Waals surface area contributed by atoms with Crippen LogP contribution in [0.25, 0.3) is 0 Å². The van der Waals surface area contributed by atoms with E-state index in [1.807, 2.05) is 6.07 Å². The molecule has 0 fully saturated rings. The molecule has 144 valence electrons. The number of carbonyl (C=O) groups excluding carboxylic acids is 1. The van der Waals surface area contributed by atoms with Crippen LogP contribution >= 0.6 is 11.6 Å². The topological polar surface area (TPSA) is 118 Å². The summed E-state index contributed by atoms with van der Waals surface area (Å²) < 4.78 is 27.1. The third kappa shape index (κ3) is 5.25. The van der Waals surface area contributed by atoms with Crippen LogP contribution in [0.5, 0.6) is 0 Å². The fourth-order valence-electron chi connectivity index (χ4n) is 2.38. The van der Waals surface area contributed by atoms with E-state index in [0.717, 1.165) is 11.6 Å². The molecule has 0 spiro atoms. The fraction of sp³-hybridized carbons (Fsp3) is 0.235. The lowest BCUT2D eigenvalue weighted by molar-refractivity contribution is -0.385. The third-order valence-corrected chi connectivity index (χ3v) is 5.58. The number of aryl methyl sites for hydroxylation is 2. The van der Waals surface area contributed by atoms with Gasteiger partial charge in [0.1, 0.15) is 5.56 Å². The molecule has 0 saturated carbocycles. The number of halogens is 1. The zero-order chi connectivity index (χ0) is 20.2. The highest BCUT2D eigenvalue weighted by Crippen LogP contribution is 2.23. The summed E-state index contributed by atoms with van der Waals surface area (Å²) in [5, 5.41) is 13.6. The highest BCUT2D eigenvalue weighted by atomic mass is 35.5. The minimum absolute atomic E-state index is 0.0390. The molecule has 0 aromatic heterocycles. The number of nitro groups is 1. The van der Waals surface area contributed by atoms with E-state index < -0.39 is 26.5 Å². The first kappa shape index (κ1) is 20.8. The average molecular weight is 412 g/mol. The Kier molecular flexibility index (Phi) is 6.53. The maximum absolute atomic E-state index is 12.4. The van der Waals surface area contributed by atoms with Crippen LogP contribution in [-0.4, -0.2) is 32.3 Å². The van der Waals surface area contributed by atoms with Crippen molar-refractivity contribution in [2.75, 3.05) is 13.1 Å². The van der Waals surface area contributed by atoms with Crippen molar-refractivity contribution in [3.63, 3.8) is 0 Å². The molecule has 0 bridgehead atoms. The Bertz CT molecular complexity index is 992. The first-order valence-electron chi connectivity index (χ1n) is 7.91. The van der Waals surface area contributed by atoms with Gasteiger partial charge in [-0.2, -0.15) is 0 Å². The molecule has 0 saturated heterocycles. The number of amides is 1. The van der Waals surface area contributed by atoms with Crippen LogP contribution in [-0.2, 0) is 10.0 Å². The lowest BCUT2D eigenvalue weighted by Gasteiger charge is -2.11. The van der Waals surface area contributed by atoms with E-state index in [4.69, 9.17) is 11.6 Å². The third-order valence-electron chi connectivity index (χ3n) is 3.74. The second kappa shape index (κ2) is 8.47. The molecule has 0 atom stereocenters. The Labute approximate surface area is 161 Å². The highest BCUT2D eigenvalue weighted by molar-refractivity contribution is 7.89. The van der Waals surface area contributed by atoms with Crippen LogP contribution in [0.3, 0.4) is 0 Å². The van der Waals surface area contributed by atoms with Crippen molar-refractivity contribution < 1.29 is 18.1 Å². The monoisotopic (exact) mass is 411 g/mol. The van der Waals surface area contributed by atoms with Crippen LogP contribution in [0, 0.1) is 24.0 Å². The smallest absolute Gasteiger partial charge is 0.283 e. The predicted octanol–water partition coefficient (Wildman–Crippen LogP) is 2.57. The van der Waals surface area contributed by atoms with Crippen LogP contribution in [0.15, 0.2) is 41.3 Å². The summed E-state index contributed by atoms with van der Waals surface area (Å²) in [6, 6.07) is 8.79. The summed E-state index contributed by atoms with van der Waals surface area (Å²) in [4.78, 5) is 22.6. The summed E-state index contributed by atoms with van der Waals surface area (Å²) in [6.45, 7) is 3.37. The number of sulfonamides is 1. The summed E-state index contributed by atoms with van der Waals surface area (Å²) in [7, 11) is -3.73. The average Bonchev–Trinajstić information content (AvgIpc) is 2.60. The number of nitro benzene ring substituents is 1. The van der Waals surface area contributed by atoms with Gasteiger partial charge in [0.2, 0.25) is 10.0 Å². The van der Waals surface area contributed by atoms with Gasteiger partial charge in [0.25, 0.3) is 11.6 Å². The molecular formula is C17H18ClN3O5S. The molecule has 27 heavy (non-hydrogen) atoms. The number of nitrogens with zero attached hydrogens (tertiary/aromatic N) is 1. The zero-order valence-electron chi connectivity index (χ0n) is 14.7. The standard InChI is InChI=1S/C17H18ClN3O5S/c1-11-3-4-12(2)16(9-11)27(25,26)20-8-7-19-17(22)14-6-5-13(18)10-15(14)21(23)24/h3-6,9-10,20H,7-8H2,1-2H3,(H,19,22). The van der Waals surface area contributed by atoms with Gasteiger partial charge in [-0.25, -0.2) is 13.1 Å². The summed E-state index contributed by atoms with van der Waals surface area (Å²) >= 11 is 5.71. The normalized spacial score (nSPS) is 11.2. The predicted molar refractivity (Wildman–Crippen MR) is 102 cm³/mol. The van der Waals surface area contributed by atoms with Crippen molar-refractivity contribution in [1.29, 1.82) is 0 Å². The quantitative estimate of drug-likeness (QED) is 0.412. The summed E-state index contributed by atoms with van der Waals surface area (Å²) in [5.74, 6) is -0.690. The molecule has 0 unspecified atom stereocenters. The molecule has 0 radical (unpaired) electrons. The second-order valence-corrected chi connectivity index (χ2v) is 8.01. The molecule has 2 rings (SSSR count). The van der Waals surface area contributed by atoms with Gasteiger partial charge in [-0.3, -0.25) is 14.9 Å². The largest absolute Gasteiger partial charge is 0.351 e. The van der Waals surface area contributed by atoms with E-state index in [9.17, 15) is 23.3 Å². The van der Waals surface area contributed by atoms with Gasteiger partial charge in [0.05, 0.1) is 9.82 Å². The molecule has 0 aliphatic carbocycles. The van der Waals surface area contributed by atoms with Gasteiger partial charge < -0.3 is 5.32 Å². The molecule has 0 heterocycles. The van der Waals surface area contributed by atoms with E-state index in [1.165, 1.54) is 12.1 Å². The summed E-state index contributed by atoms with van der Waals surface area (Å²) in [5.41, 5.74) is 0.844. The van der Waals surface area contributed by atoms with Crippen molar-refractivity contribution in [3.05, 3.63) is 68.2 Å². The van der Waals surface area contributed by atoms with E-state index >= 15 is 0 Å². The van der Waals surface area contributed by atoms with Crippen LogP contribution in [0.4, 0.5) is 5.69 Å². The van der Waals surface area contributed by atoms with Gasteiger partial charge in [-0.15, -0.1) is 0 Å². The van der Waals surface area contributed by atoms with Gasteiger partial charge >= 0.3 is 0 Å². The Morgan fingerprint density at radius 2 is 1.85 bits per heavy atom. The first-order valence-corrected chi connectivity index (χ1v) is 9.77. The molecule has 8 nitrogen and oxygen atoms in total. The van der Waals surface area contributed by atoms with Crippen molar-refractivity contribution in [3.8, 4) is 0 Å². The first-order chi connectivity index (χ1) is 12.6. The minimum Gasteiger partial charge on any atom is -0.351 e. The van der Waals surface area contributed by atoms with Gasteiger partial charge in [-0.1, -0.05) is 23.7 Å². The Morgan fingerprint density at radius 1 is 1.15 bits per heavy atom. The van der Waals surface area contributed by atoms with E-state index in [2.05, 4.69) is 10.0 Å². The second-order valence-electron chi connectivity index (χ2n) is 5.84. The number of hydrogen-bond donors (Lipinski definition) is 2. The fourth-order valence-corrected chi connectivity index (χ4v) is 3.90. The lowest BCUT2D eigenvalue weighted by Crippen LogP contribution is -2.35. The highest BCUT2D eigenvalue weighted by Gasteiger charge is 2.21. The van der Waals surface area contributed by atoms with Gasteiger partial charge in [0.15, 0.2) is 0 Å². The van der Waals surface area contributed by atoms with Crippen LogP contribution < -0.4 is 10.0 Å². The molecular weight excluding hydrogens is 394 g/mol. The van der Waals surface area contributed by atoms with Crippen molar-refractivity contribution >= 4 is 33.2 Å². The van der Waals surface area contributed by atoms with E-state index in [1.54, 1.807) is 26.0 Å². The van der Waals surface area contributed by atoms with Gasteiger partial charge in [0, 0.05) is 24.2 Å². The van der Waals surface area contributed by atoms with Gasteiger partial charge in [-0.05, 0) is 43.2 Å². The number of carbonyl (C=O) groups is 1. The molecule has 2 N–H and O–H groups in total. The zero-order valence-corrected chi connectivity index (χ0v) is 16.2. The van der Waals surface area contributed by atoms with E-state index in [0.29, 0.717) is 5.56 Å². The van der Waals surface area contributed by atoms with Crippen LogP contribution in [0.1, 0.15) is 21.5 Å². The van der Waals surface area contributed by atoms with Crippen molar-refractivity contribution in [1.82, 2.24) is 10.0 Å². The number of benzene rings is 2. The number of rotatable bonds is 7. The molecule has 2 aromatic carbocycles. The maximum atomic E-state index is 12.4. The molecule has 10 heteroatoms. The summed E-state index contributed by atoms with van der Waals surface area (Å²) in [6.07, 6.45) is 0. The lowest BCUT2D eigenvalue weighted by atomic mass is 10.1. The Hall–Kier alpha value is -2.49. The number of nitrogens with one attached hydrogen (secondary N) is 2. The van der Waals surface area contributed by atoms with Crippen molar-refractivity contribution in [2.45, 2.75) is 18.7 Å². The maximum Gasteiger partial charge on any atom is 0.283 e. The minimum atomic E-state index is -3.73. The molecule has 1 amide bonds. The number of hydrogen-bond acceptors (Lipinski definition) is 5. The molecule has 2 aromatic rings. The van der Waals surface area contributed by atoms with E-state index in [-0.39, 0.29) is 28.6 Å². The van der Waals surface area contributed by atoms with Crippen LogP contribution in [0.2, 0.25) is 5.02 Å². The molecule has 0 aliphatic heterocycles. The Morgan fingerprint density at radius 3 is 2.52 bits per heavy atom. The van der Waals surface area contributed by atoms with Crippen molar-refractivity contribution in [2.24, 2.45) is 0 Å². The Balaban J connectivity index is 2.00.